The lowest BCUT2D eigenvalue weighted by Gasteiger charge is -2.13. The molecule has 1 heterocycles. The van der Waals surface area contributed by atoms with E-state index in [1.165, 1.54) is 24.1 Å². The minimum atomic E-state index is -0.549. The Labute approximate surface area is 243 Å². The molecular weight excluding hydrogens is 688 g/mol. The fourth-order valence-electron chi connectivity index (χ4n) is 3.68. The number of nitro groups is 1. The number of halogens is 3. The molecule has 1 aromatic heterocycles. The highest BCUT2D eigenvalue weighted by molar-refractivity contribution is 9.11. The van der Waals surface area contributed by atoms with Crippen molar-refractivity contribution in [3.63, 3.8) is 0 Å². The van der Waals surface area contributed by atoms with Crippen LogP contribution in [-0.4, -0.2) is 27.9 Å². The Hall–Kier alpha value is -3.09. The number of hydrogen-bond donors (Lipinski definition) is 0. The zero-order valence-electron chi connectivity index (χ0n) is 20.4. The molecule has 0 aliphatic carbocycles. The van der Waals surface area contributed by atoms with Crippen LogP contribution in [0, 0.1) is 10.1 Å². The number of rotatable bonds is 8. The molecule has 0 bridgehead atoms. The molecule has 0 unspecified atom stereocenters. The van der Waals surface area contributed by atoms with Crippen molar-refractivity contribution in [2.75, 3.05) is 7.11 Å². The summed E-state index contributed by atoms with van der Waals surface area (Å²) in [5.74, 6) is 0.501. The third-order valence-electron chi connectivity index (χ3n) is 5.53. The number of nitro benzene ring substituents is 1. The first kappa shape index (κ1) is 27.9. The molecule has 0 saturated heterocycles. The Morgan fingerprint density at radius 1 is 1.11 bits per heavy atom. The first-order chi connectivity index (χ1) is 18.1. The van der Waals surface area contributed by atoms with Crippen LogP contribution in [0.1, 0.15) is 36.7 Å². The van der Waals surface area contributed by atoms with Crippen LogP contribution < -0.4 is 15.0 Å². The van der Waals surface area contributed by atoms with Gasteiger partial charge in [0.15, 0.2) is 5.75 Å². The minimum absolute atomic E-state index is 0.0123. The van der Waals surface area contributed by atoms with Gasteiger partial charge in [-0.2, -0.15) is 9.78 Å². The van der Waals surface area contributed by atoms with Crippen molar-refractivity contribution in [1.82, 2.24) is 9.66 Å². The van der Waals surface area contributed by atoms with E-state index in [1.54, 1.807) is 18.2 Å². The van der Waals surface area contributed by atoms with Gasteiger partial charge in [0.05, 0.1) is 29.2 Å². The Kier molecular flexibility index (Phi) is 8.64. The summed E-state index contributed by atoms with van der Waals surface area (Å²) in [7, 11) is 1.40. The van der Waals surface area contributed by atoms with Crippen LogP contribution in [0.15, 0.2) is 71.8 Å². The number of hydrogen-bond acceptors (Lipinski definition) is 7. The summed E-state index contributed by atoms with van der Waals surface area (Å²) in [6.07, 6.45) is 1.36. The molecule has 38 heavy (non-hydrogen) atoms. The summed E-state index contributed by atoms with van der Waals surface area (Å²) in [5, 5.41) is 16.7. The van der Waals surface area contributed by atoms with Crippen molar-refractivity contribution in [2.24, 2.45) is 5.10 Å². The van der Waals surface area contributed by atoms with Crippen LogP contribution in [0.3, 0.4) is 0 Å². The van der Waals surface area contributed by atoms with E-state index in [9.17, 15) is 14.9 Å². The third-order valence-corrected chi connectivity index (χ3v) is 7.26. The molecule has 0 radical (unpaired) electrons. The maximum absolute atomic E-state index is 13.3. The largest absolute Gasteiger partial charge is 0.493 e. The van der Waals surface area contributed by atoms with Gasteiger partial charge in [-0.3, -0.25) is 14.9 Å². The molecule has 4 aromatic rings. The third kappa shape index (κ3) is 5.97. The second-order valence-corrected chi connectivity index (χ2v) is 11.2. The van der Waals surface area contributed by atoms with Crippen LogP contribution >= 0.6 is 47.8 Å². The fraction of sp³-hybridized carbons (Fsp3) is 0.192. The van der Waals surface area contributed by atoms with Gasteiger partial charge in [0.1, 0.15) is 12.4 Å². The van der Waals surface area contributed by atoms with Gasteiger partial charge < -0.3 is 9.47 Å². The van der Waals surface area contributed by atoms with Crippen molar-refractivity contribution in [3.8, 4) is 11.5 Å². The SMILES string of the molecule is COc1cc(C=Nn2c(C(C)C)nc3ccc(Br)cc3c2=O)cc([N+](=O)[O-])c1OCc1ccc(Br)cc1Br. The summed E-state index contributed by atoms with van der Waals surface area (Å²) in [4.78, 5) is 29.3. The molecule has 4 rings (SSSR count). The molecule has 3 aromatic carbocycles. The average molecular weight is 709 g/mol. The van der Waals surface area contributed by atoms with E-state index in [1.807, 2.05) is 38.1 Å². The second kappa shape index (κ2) is 11.7. The normalized spacial score (nSPS) is 11.4. The highest BCUT2D eigenvalue weighted by atomic mass is 79.9. The molecule has 0 aliphatic rings. The molecule has 196 valence electrons. The molecule has 0 spiro atoms. The Morgan fingerprint density at radius 3 is 2.47 bits per heavy atom. The lowest BCUT2D eigenvalue weighted by Crippen LogP contribution is -2.23. The maximum atomic E-state index is 13.3. The van der Waals surface area contributed by atoms with E-state index in [2.05, 4.69) is 57.9 Å². The number of ether oxygens (including phenoxy) is 2. The molecule has 9 nitrogen and oxygen atoms in total. The predicted molar refractivity (Wildman–Crippen MR) is 157 cm³/mol. The summed E-state index contributed by atoms with van der Waals surface area (Å²) in [6, 6.07) is 13.7. The lowest BCUT2D eigenvalue weighted by atomic mass is 10.1. The zero-order valence-corrected chi connectivity index (χ0v) is 25.2. The van der Waals surface area contributed by atoms with Gasteiger partial charge in [-0.05, 0) is 36.4 Å². The van der Waals surface area contributed by atoms with Crippen molar-refractivity contribution < 1.29 is 14.4 Å². The van der Waals surface area contributed by atoms with E-state index in [4.69, 9.17) is 9.47 Å². The van der Waals surface area contributed by atoms with Gasteiger partial charge in [0.25, 0.3) is 5.56 Å². The maximum Gasteiger partial charge on any atom is 0.315 e. The Balaban J connectivity index is 1.75. The number of fused-ring (bicyclic) bond motifs is 1. The smallest absolute Gasteiger partial charge is 0.315 e. The standard InChI is InChI=1S/C26H21Br3N4O5/c1-14(2)25-31-21-7-6-17(27)10-19(21)26(34)32(25)30-12-15-8-22(33(35)36)24(23(9-15)37-3)38-13-16-4-5-18(28)11-20(16)29/h4-12,14H,13H2,1-3H3. The van der Waals surface area contributed by atoms with Crippen molar-refractivity contribution in [1.29, 1.82) is 0 Å². The lowest BCUT2D eigenvalue weighted by molar-refractivity contribution is -0.386. The van der Waals surface area contributed by atoms with Crippen molar-refractivity contribution in [2.45, 2.75) is 26.4 Å². The quantitative estimate of drug-likeness (QED) is 0.109. The molecule has 0 aliphatic heterocycles. The summed E-state index contributed by atoms with van der Waals surface area (Å²) < 4.78 is 14.9. The van der Waals surface area contributed by atoms with Crippen molar-refractivity contribution >= 4 is 70.6 Å². The Bertz CT molecular complexity index is 1640. The molecule has 0 atom stereocenters. The average Bonchev–Trinajstić information content (AvgIpc) is 2.87. The number of aromatic nitrogens is 2. The molecule has 0 N–H and O–H groups in total. The minimum Gasteiger partial charge on any atom is -0.493 e. The van der Waals surface area contributed by atoms with Gasteiger partial charge in [0, 0.05) is 36.5 Å². The molecular formula is C26H21Br3N4O5. The highest BCUT2D eigenvalue weighted by Crippen LogP contribution is 2.39. The van der Waals surface area contributed by atoms with Crippen molar-refractivity contribution in [3.05, 3.63) is 99.4 Å². The van der Waals surface area contributed by atoms with Gasteiger partial charge in [-0.15, -0.1) is 0 Å². The van der Waals surface area contributed by atoms with Crippen LogP contribution in [0.2, 0.25) is 0 Å². The van der Waals surface area contributed by atoms with Crippen LogP contribution in [0.4, 0.5) is 5.69 Å². The van der Waals surface area contributed by atoms with E-state index >= 15 is 0 Å². The molecule has 0 saturated carbocycles. The molecule has 0 amide bonds. The van der Waals surface area contributed by atoms with Crippen LogP contribution in [0.5, 0.6) is 11.5 Å². The Morgan fingerprint density at radius 2 is 1.82 bits per heavy atom. The van der Waals surface area contributed by atoms with Crippen LogP contribution in [-0.2, 0) is 6.61 Å². The topological polar surface area (TPSA) is 109 Å². The number of methoxy groups -OCH3 is 1. The molecule has 0 fully saturated rings. The number of benzene rings is 3. The first-order valence-corrected chi connectivity index (χ1v) is 13.7. The first-order valence-electron chi connectivity index (χ1n) is 11.3. The van der Waals surface area contributed by atoms with Gasteiger partial charge in [-0.1, -0.05) is 67.7 Å². The number of nitrogens with zero attached hydrogens (tertiary/aromatic N) is 4. The van der Waals surface area contributed by atoms with Crippen LogP contribution in [0.25, 0.3) is 10.9 Å². The summed E-state index contributed by atoms with van der Waals surface area (Å²) >= 11 is 10.3. The van der Waals surface area contributed by atoms with Gasteiger partial charge in [0.2, 0.25) is 5.75 Å². The van der Waals surface area contributed by atoms with E-state index in [0.717, 1.165) is 19.0 Å². The van der Waals surface area contributed by atoms with Gasteiger partial charge in [-0.25, -0.2) is 4.98 Å². The monoisotopic (exact) mass is 706 g/mol. The predicted octanol–water partition coefficient (Wildman–Crippen LogP) is 7.19. The second-order valence-electron chi connectivity index (χ2n) is 8.50. The zero-order chi connectivity index (χ0) is 27.6. The van der Waals surface area contributed by atoms with E-state index < -0.39 is 4.92 Å². The van der Waals surface area contributed by atoms with E-state index in [0.29, 0.717) is 22.3 Å². The summed E-state index contributed by atoms with van der Waals surface area (Å²) in [5.41, 5.74) is 1.06. The highest BCUT2D eigenvalue weighted by Gasteiger charge is 2.23. The van der Waals surface area contributed by atoms with E-state index in [-0.39, 0.29) is 35.3 Å². The fourth-order valence-corrected chi connectivity index (χ4v) is 5.20. The summed E-state index contributed by atoms with van der Waals surface area (Å²) in [6.45, 7) is 3.88. The van der Waals surface area contributed by atoms with Gasteiger partial charge >= 0.3 is 5.69 Å². The molecule has 12 heteroatoms.